The fourth-order valence-corrected chi connectivity index (χ4v) is 5.54. The van der Waals surface area contributed by atoms with Crippen LogP contribution in [-0.2, 0) is 11.3 Å². The van der Waals surface area contributed by atoms with Gasteiger partial charge in [0.15, 0.2) is 0 Å². The van der Waals surface area contributed by atoms with Crippen LogP contribution in [0, 0.1) is 5.82 Å². The van der Waals surface area contributed by atoms with Gasteiger partial charge in [-0.05, 0) is 30.7 Å². The molecule has 0 N–H and O–H groups in total. The molecule has 0 bridgehead atoms. The van der Waals surface area contributed by atoms with Gasteiger partial charge in [0, 0.05) is 48.9 Å². The highest BCUT2D eigenvalue weighted by atomic mass is 19.3. The number of pyridine rings is 2. The van der Waals surface area contributed by atoms with E-state index in [4.69, 9.17) is 9.15 Å². The van der Waals surface area contributed by atoms with Crippen LogP contribution in [0.25, 0.3) is 33.6 Å². The first-order valence-electron chi connectivity index (χ1n) is 13.2. The molecule has 2 aliphatic heterocycles. The summed E-state index contributed by atoms with van der Waals surface area (Å²) < 4.78 is 54.8. The number of likely N-dealkylation sites (tertiary alicyclic amines) is 1. The topological polar surface area (TPSA) is 104 Å². The SMILES string of the molecule is O=c1n(Cc2ccc(-c3nnc(C(F)F)o3)cn2)c2cc(F)c(-c3cccnc3)cc2n1C1CCN(C2COC2)C1. The Morgan fingerprint density at radius 2 is 1.90 bits per heavy atom. The van der Waals surface area contributed by atoms with E-state index in [-0.39, 0.29) is 24.2 Å². The zero-order chi connectivity index (χ0) is 28.1. The number of hydrogen-bond donors (Lipinski definition) is 0. The number of halogens is 3. The Morgan fingerprint density at radius 3 is 2.59 bits per heavy atom. The Balaban J connectivity index is 1.27. The molecule has 1 atom stereocenters. The molecule has 2 fully saturated rings. The summed E-state index contributed by atoms with van der Waals surface area (Å²) in [4.78, 5) is 24.8. The second-order valence-corrected chi connectivity index (χ2v) is 10.2. The molecule has 0 saturated carbocycles. The highest BCUT2D eigenvalue weighted by Gasteiger charge is 2.35. The normalized spacial score (nSPS) is 18.0. The van der Waals surface area contributed by atoms with Crippen molar-refractivity contribution in [3.8, 4) is 22.6 Å². The van der Waals surface area contributed by atoms with Crippen LogP contribution >= 0.6 is 0 Å². The van der Waals surface area contributed by atoms with Crippen molar-refractivity contribution in [2.24, 2.45) is 0 Å². The van der Waals surface area contributed by atoms with Gasteiger partial charge in [-0.1, -0.05) is 6.07 Å². The third kappa shape index (κ3) is 4.60. The molecule has 4 aromatic heterocycles. The summed E-state index contributed by atoms with van der Waals surface area (Å²) in [6.07, 6.45) is 2.54. The molecule has 1 unspecified atom stereocenters. The van der Waals surface area contributed by atoms with Crippen molar-refractivity contribution >= 4 is 11.0 Å². The lowest BCUT2D eigenvalue weighted by molar-refractivity contribution is -0.0578. The van der Waals surface area contributed by atoms with E-state index in [0.717, 1.165) is 13.0 Å². The van der Waals surface area contributed by atoms with Gasteiger partial charge in [-0.3, -0.25) is 24.0 Å². The van der Waals surface area contributed by atoms with E-state index in [9.17, 15) is 13.6 Å². The van der Waals surface area contributed by atoms with Gasteiger partial charge in [0.25, 0.3) is 5.89 Å². The molecule has 7 rings (SSSR count). The van der Waals surface area contributed by atoms with Crippen molar-refractivity contribution in [2.45, 2.75) is 31.5 Å². The first-order valence-corrected chi connectivity index (χ1v) is 13.2. The number of benzene rings is 1. The van der Waals surface area contributed by atoms with Gasteiger partial charge in [-0.15, -0.1) is 10.2 Å². The minimum atomic E-state index is -2.87. The van der Waals surface area contributed by atoms with E-state index >= 15 is 4.39 Å². The fourth-order valence-electron chi connectivity index (χ4n) is 5.54. The summed E-state index contributed by atoms with van der Waals surface area (Å²) in [7, 11) is 0. The Bertz CT molecular complexity index is 1760. The van der Waals surface area contributed by atoms with Crippen LogP contribution in [0.1, 0.15) is 30.5 Å². The number of ether oxygens (including phenoxy) is 1. The van der Waals surface area contributed by atoms with Crippen molar-refractivity contribution in [3.05, 3.63) is 82.9 Å². The zero-order valence-corrected chi connectivity index (χ0v) is 21.7. The predicted molar refractivity (Wildman–Crippen MR) is 141 cm³/mol. The maximum atomic E-state index is 15.5. The largest absolute Gasteiger partial charge is 0.415 e. The van der Waals surface area contributed by atoms with E-state index in [0.29, 0.717) is 59.2 Å². The average Bonchev–Trinajstić information content (AvgIpc) is 3.68. The number of imidazole rings is 1. The second-order valence-electron chi connectivity index (χ2n) is 10.2. The van der Waals surface area contributed by atoms with Gasteiger partial charge in [0.05, 0.1) is 54.1 Å². The highest BCUT2D eigenvalue weighted by Crippen LogP contribution is 2.32. The molecule has 13 heteroatoms. The molecule has 0 spiro atoms. The van der Waals surface area contributed by atoms with Gasteiger partial charge >= 0.3 is 12.1 Å². The van der Waals surface area contributed by atoms with Gasteiger partial charge < -0.3 is 9.15 Å². The van der Waals surface area contributed by atoms with Crippen LogP contribution < -0.4 is 5.69 Å². The Morgan fingerprint density at radius 1 is 1.02 bits per heavy atom. The first-order chi connectivity index (χ1) is 20.0. The summed E-state index contributed by atoms with van der Waals surface area (Å²) >= 11 is 0. The molecule has 0 radical (unpaired) electrons. The Labute approximate surface area is 231 Å². The summed E-state index contributed by atoms with van der Waals surface area (Å²) in [6, 6.07) is 10.1. The second kappa shape index (κ2) is 10.2. The van der Waals surface area contributed by atoms with Gasteiger partial charge in [-0.25, -0.2) is 9.18 Å². The van der Waals surface area contributed by atoms with E-state index < -0.39 is 18.1 Å². The molecule has 6 heterocycles. The lowest BCUT2D eigenvalue weighted by atomic mass is 10.1. The number of nitrogens with zero attached hydrogens (tertiary/aromatic N) is 7. The summed E-state index contributed by atoms with van der Waals surface area (Å²) in [5.41, 5.74) is 2.68. The van der Waals surface area contributed by atoms with Crippen LogP contribution in [0.4, 0.5) is 13.2 Å². The Hall–Kier alpha value is -4.36. The molecular formula is C28H24F3N7O3. The van der Waals surface area contributed by atoms with Gasteiger partial charge in [0.1, 0.15) is 5.82 Å². The lowest BCUT2D eigenvalue weighted by Crippen LogP contribution is -2.48. The molecule has 5 aromatic rings. The maximum absolute atomic E-state index is 15.5. The maximum Gasteiger partial charge on any atom is 0.329 e. The molecule has 0 amide bonds. The number of fused-ring (bicyclic) bond motifs is 1. The average molecular weight is 564 g/mol. The van der Waals surface area contributed by atoms with Crippen LogP contribution in [-0.4, -0.2) is 66.5 Å². The van der Waals surface area contributed by atoms with Gasteiger partial charge in [0.2, 0.25) is 5.89 Å². The van der Waals surface area contributed by atoms with Crippen molar-refractivity contribution in [1.29, 1.82) is 0 Å². The first kappa shape index (κ1) is 25.6. The quantitative estimate of drug-likeness (QED) is 0.292. The fraction of sp³-hybridized carbons (Fsp3) is 0.321. The molecule has 1 aromatic carbocycles. The molecule has 10 nitrogen and oxygen atoms in total. The molecule has 41 heavy (non-hydrogen) atoms. The van der Waals surface area contributed by atoms with Crippen LogP contribution in [0.2, 0.25) is 0 Å². The molecule has 2 saturated heterocycles. The monoisotopic (exact) mass is 563 g/mol. The smallest absolute Gasteiger partial charge is 0.329 e. The van der Waals surface area contributed by atoms with E-state index in [1.807, 2.05) is 0 Å². The molecule has 2 aliphatic rings. The number of alkyl halides is 2. The van der Waals surface area contributed by atoms with Crippen molar-refractivity contribution in [3.63, 3.8) is 0 Å². The van der Waals surface area contributed by atoms with E-state index in [1.54, 1.807) is 47.3 Å². The summed E-state index contributed by atoms with van der Waals surface area (Å²) in [5.74, 6) is -1.32. The highest BCUT2D eigenvalue weighted by molar-refractivity contribution is 5.83. The lowest BCUT2D eigenvalue weighted by Gasteiger charge is -2.34. The van der Waals surface area contributed by atoms with E-state index in [2.05, 4.69) is 25.1 Å². The van der Waals surface area contributed by atoms with E-state index in [1.165, 1.54) is 16.8 Å². The third-order valence-corrected chi connectivity index (χ3v) is 7.74. The molecular weight excluding hydrogens is 539 g/mol. The van der Waals surface area contributed by atoms with Gasteiger partial charge in [-0.2, -0.15) is 8.78 Å². The van der Waals surface area contributed by atoms with Crippen molar-refractivity contribution in [2.75, 3.05) is 26.3 Å². The number of rotatable bonds is 7. The van der Waals surface area contributed by atoms with Crippen molar-refractivity contribution in [1.82, 2.24) is 34.2 Å². The number of hydrogen-bond acceptors (Lipinski definition) is 8. The molecule has 0 aliphatic carbocycles. The standard InChI is InChI=1S/C28H24F3N7O3/c29-22-9-23-24(8-21(22)16-2-1-6-32-10-16)38(19-5-7-36(13-19)20-14-40-15-20)28(39)37(23)12-18-4-3-17(11-33-18)26-34-35-27(41-26)25(30)31/h1-4,6,8-11,19-20,25H,5,7,12-15H2. The van der Waals surface area contributed by atoms with Crippen LogP contribution in [0.15, 0.2) is 64.2 Å². The van der Waals surface area contributed by atoms with Crippen molar-refractivity contribution < 1.29 is 22.3 Å². The minimum absolute atomic E-state index is 0.0767. The molecule has 210 valence electrons. The predicted octanol–water partition coefficient (Wildman–Crippen LogP) is 4.08. The third-order valence-electron chi connectivity index (χ3n) is 7.74. The minimum Gasteiger partial charge on any atom is -0.415 e. The summed E-state index contributed by atoms with van der Waals surface area (Å²) in [5, 5.41) is 6.98. The Kier molecular flexibility index (Phi) is 6.39. The number of aromatic nitrogens is 6. The summed E-state index contributed by atoms with van der Waals surface area (Å²) in [6.45, 7) is 3.00. The van der Waals surface area contributed by atoms with Crippen LogP contribution in [0.3, 0.4) is 0 Å². The van der Waals surface area contributed by atoms with Crippen LogP contribution in [0.5, 0.6) is 0 Å². The zero-order valence-electron chi connectivity index (χ0n) is 21.7.